The van der Waals surface area contributed by atoms with Gasteiger partial charge >= 0.3 is 0 Å². The maximum atomic E-state index is 12.2. The zero-order chi connectivity index (χ0) is 19.2. The first-order chi connectivity index (χ1) is 12.2. The molecule has 0 saturated heterocycles. The predicted molar refractivity (Wildman–Crippen MR) is 110 cm³/mol. The van der Waals surface area contributed by atoms with E-state index in [0.29, 0.717) is 33.6 Å². The summed E-state index contributed by atoms with van der Waals surface area (Å²) in [5, 5.41) is 4.04. The summed E-state index contributed by atoms with van der Waals surface area (Å²) in [6, 6.07) is 11.7. The molecule has 2 N–H and O–H groups in total. The van der Waals surface area contributed by atoms with E-state index in [-0.39, 0.29) is 5.91 Å². The normalized spacial score (nSPS) is 11.2. The molecular weight excluding hydrogens is 415 g/mol. The Kier molecular flexibility index (Phi) is 7.64. The van der Waals surface area contributed by atoms with Crippen molar-refractivity contribution < 1.29 is 13.2 Å². The second kappa shape index (κ2) is 9.50. The van der Waals surface area contributed by atoms with Crippen LogP contribution in [-0.4, -0.2) is 32.9 Å². The molecule has 0 aliphatic rings. The van der Waals surface area contributed by atoms with Crippen LogP contribution < -0.4 is 10.0 Å². The van der Waals surface area contributed by atoms with Crippen LogP contribution in [0.25, 0.3) is 0 Å². The van der Waals surface area contributed by atoms with Gasteiger partial charge in [-0.15, -0.1) is 0 Å². The average Bonchev–Trinajstić information content (AvgIpc) is 2.55. The molecule has 0 atom stereocenters. The molecular formula is C17H18Cl2N2O3S2. The Labute approximate surface area is 167 Å². The van der Waals surface area contributed by atoms with Crippen LogP contribution in [0, 0.1) is 0 Å². The maximum Gasteiger partial charge on any atom is 0.251 e. The summed E-state index contributed by atoms with van der Waals surface area (Å²) in [4.78, 5) is 12.2. The zero-order valence-electron chi connectivity index (χ0n) is 14.0. The highest BCUT2D eigenvalue weighted by atomic mass is 35.5. The van der Waals surface area contributed by atoms with E-state index in [1.807, 2.05) is 6.07 Å². The maximum absolute atomic E-state index is 12.2. The van der Waals surface area contributed by atoms with Crippen molar-refractivity contribution in [3.63, 3.8) is 0 Å². The number of carbonyl (C=O) groups is 1. The molecule has 0 aromatic heterocycles. The van der Waals surface area contributed by atoms with Gasteiger partial charge in [-0.2, -0.15) is 11.8 Å². The summed E-state index contributed by atoms with van der Waals surface area (Å²) >= 11 is 13.6. The lowest BCUT2D eigenvalue weighted by atomic mass is 10.2. The van der Waals surface area contributed by atoms with Crippen LogP contribution in [0.5, 0.6) is 0 Å². The van der Waals surface area contributed by atoms with Crippen molar-refractivity contribution in [2.24, 2.45) is 0 Å². The molecule has 0 saturated carbocycles. The number of benzene rings is 2. The van der Waals surface area contributed by atoms with E-state index in [9.17, 15) is 13.2 Å². The minimum atomic E-state index is -3.38. The molecule has 0 aliphatic heterocycles. The number of hydrogen-bond acceptors (Lipinski definition) is 4. The van der Waals surface area contributed by atoms with Gasteiger partial charge in [0.1, 0.15) is 0 Å². The first-order valence-electron chi connectivity index (χ1n) is 7.62. The minimum Gasteiger partial charge on any atom is -0.351 e. The standard InChI is InChI=1S/C17H18Cl2N2O3S2/c1-26(23,24)21-15-4-2-3-12(9-15)17(22)20-7-8-25-11-13-5-6-14(18)10-16(13)19/h2-6,9-10,21H,7-8,11H2,1H3,(H,20,22). The van der Waals surface area contributed by atoms with Crippen molar-refractivity contribution in [1.82, 2.24) is 5.32 Å². The third-order valence-corrected chi connectivity index (χ3v) is 5.43. The lowest BCUT2D eigenvalue weighted by molar-refractivity contribution is 0.0956. The fourth-order valence-corrected chi connectivity index (χ4v) is 4.07. The van der Waals surface area contributed by atoms with Crippen molar-refractivity contribution in [3.8, 4) is 0 Å². The summed E-state index contributed by atoms with van der Waals surface area (Å²) in [5.74, 6) is 1.18. The van der Waals surface area contributed by atoms with Gasteiger partial charge < -0.3 is 5.32 Å². The van der Waals surface area contributed by atoms with Crippen molar-refractivity contribution in [3.05, 3.63) is 63.6 Å². The van der Waals surface area contributed by atoms with Gasteiger partial charge in [-0.3, -0.25) is 9.52 Å². The van der Waals surface area contributed by atoms with Gasteiger partial charge in [-0.25, -0.2) is 8.42 Å². The number of rotatable bonds is 8. The largest absolute Gasteiger partial charge is 0.351 e. The van der Waals surface area contributed by atoms with Crippen molar-refractivity contribution in [2.75, 3.05) is 23.3 Å². The molecule has 26 heavy (non-hydrogen) atoms. The van der Waals surface area contributed by atoms with Gasteiger partial charge in [-0.05, 0) is 35.9 Å². The van der Waals surface area contributed by atoms with Gasteiger partial charge in [0, 0.05) is 39.3 Å². The summed E-state index contributed by atoms with van der Waals surface area (Å²) in [6.07, 6.45) is 1.06. The van der Waals surface area contributed by atoms with Gasteiger partial charge in [0.15, 0.2) is 0 Å². The van der Waals surface area contributed by atoms with Crippen molar-refractivity contribution >= 4 is 56.6 Å². The Hall–Kier alpha value is -1.41. The molecule has 0 unspecified atom stereocenters. The Morgan fingerprint density at radius 2 is 1.92 bits per heavy atom. The van der Waals surface area contributed by atoms with E-state index in [0.717, 1.165) is 17.6 Å². The highest BCUT2D eigenvalue weighted by molar-refractivity contribution is 7.98. The van der Waals surface area contributed by atoms with Crippen LogP contribution in [0.1, 0.15) is 15.9 Å². The van der Waals surface area contributed by atoms with Gasteiger partial charge in [0.05, 0.1) is 6.26 Å². The van der Waals surface area contributed by atoms with Crippen molar-refractivity contribution in [1.29, 1.82) is 0 Å². The molecule has 0 fully saturated rings. The molecule has 0 aliphatic carbocycles. The fourth-order valence-electron chi connectivity index (χ4n) is 2.10. The van der Waals surface area contributed by atoms with Crippen molar-refractivity contribution in [2.45, 2.75) is 5.75 Å². The molecule has 0 bridgehead atoms. The number of thioether (sulfide) groups is 1. The minimum absolute atomic E-state index is 0.257. The topological polar surface area (TPSA) is 75.3 Å². The molecule has 2 aromatic rings. The summed E-state index contributed by atoms with van der Waals surface area (Å²) < 4.78 is 24.9. The molecule has 9 heteroatoms. The number of carbonyl (C=O) groups excluding carboxylic acids is 1. The predicted octanol–water partition coefficient (Wildman–Crippen LogP) is 4.03. The Balaban J connectivity index is 1.79. The molecule has 5 nitrogen and oxygen atoms in total. The Bertz CT molecular complexity index is 889. The van der Waals surface area contributed by atoms with E-state index < -0.39 is 10.0 Å². The second-order valence-electron chi connectivity index (χ2n) is 5.50. The number of halogens is 2. The quantitative estimate of drug-likeness (QED) is 0.617. The highest BCUT2D eigenvalue weighted by Crippen LogP contribution is 2.24. The van der Waals surface area contributed by atoms with Crippen LogP contribution in [-0.2, 0) is 15.8 Å². The third kappa shape index (κ3) is 7.07. The van der Waals surface area contributed by atoms with E-state index in [2.05, 4.69) is 10.0 Å². The lowest BCUT2D eigenvalue weighted by Crippen LogP contribution is -2.25. The third-order valence-electron chi connectivity index (χ3n) is 3.23. The highest BCUT2D eigenvalue weighted by Gasteiger charge is 2.08. The zero-order valence-corrected chi connectivity index (χ0v) is 17.1. The van der Waals surface area contributed by atoms with E-state index in [1.165, 1.54) is 6.07 Å². The molecule has 0 heterocycles. The van der Waals surface area contributed by atoms with Gasteiger partial charge in [0.2, 0.25) is 10.0 Å². The fraction of sp³-hybridized carbons (Fsp3) is 0.235. The number of sulfonamides is 1. The first-order valence-corrected chi connectivity index (χ1v) is 11.4. The van der Waals surface area contributed by atoms with Crippen LogP contribution in [0.2, 0.25) is 10.0 Å². The smallest absolute Gasteiger partial charge is 0.251 e. The molecule has 0 radical (unpaired) electrons. The van der Waals surface area contributed by atoms with Gasteiger partial charge in [-0.1, -0.05) is 35.3 Å². The molecule has 0 spiro atoms. The van der Waals surface area contributed by atoms with E-state index in [4.69, 9.17) is 23.2 Å². The Morgan fingerprint density at radius 1 is 1.15 bits per heavy atom. The van der Waals surface area contributed by atoms with Crippen LogP contribution in [0.4, 0.5) is 5.69 Å². The number of anilines is 1. The number of hydrogen-bond donors (Lipinski definition) is 2. The molecule has 2 aromatic carbocycles. The number of nitrogens with one attached hydrogen (secondary N) is 2. The lowest BCUT2D eigenvalue weighted by Gasteiger charge is -2.08. The monoisotopic (exact) mass is 432 g/mol. The van der Waals surface area contributed by atoms with Crippen LogP contribution >= 0.6 is 35.0 Å². The van der Waals surface area contributed by atoms with E-state index >= 15 is 0 Å². The summed E-state index contributed by atoms with van der Waals surface area (Å²) in [6.45, 7) is 0.485. The van der Waals surface area contributed by atoms with E-state index in [1.54, 1.807) is 42.1 Å². The Morgan fingerprint density at radius 3 is 2.62 bits per heavy atom. The SMILES string of the molecule is CS(=O)(=O)Nc1cccc(C(=O)NCCSCc2ccc(Cl)cc2Cl)c1. The first kappa shape index (κ1) is 20.9. The van der Waals surface area contributed by atoms with Crippen LogP contribution in [0.3, 0.4) is 0 Å². The molecule has 1 amide bonds. The van der Waals surface area contributed by atoms with Gasteiger partial charge in [0.25, 0.3) is 5.91 Å². The second-order valence-corrected chi connectivity index (χ2v) is 9.20. The number of amides is 1. The summed E-state index contributed by atoms with van der Waals surface area (Å²) in [7, 11) is -3.38. The van der Waals surface area contributed by atoms with Crippen LogP contribution in [0.15, 0.2) is 42.5 Å². The molecule has 2 rings (SSSR count). The summed E-state index contributed by atoms with van der Waals surface area (Å²) in [5.41, 5.74) is 1.74. The average molecular weight is 433 g/mol. The molecule has 140 valence electrons.